The van der Waals surface area contributed by atoms with Crippen molar-refractivity contribution in [2.45, 2.75) is 26.8 Å². The molecule has 0 radical (unpaired) electrons. The average molecular weight is 260 g/mol. The van der Waals surface area contributed by atoms with Crippen LogP contribution in [0.1, 0.15) is 28.2 Å². The van der Waals surface area contributed by atoms with E-state index in [4.69, 9.17) is 5.11 Å². The molecule has 0 saturated heterocycles. The van der Waals surface area contributed by atoms with E-state index in [1.165, 1.54) is 10.6 Å². The highest BCUT2D eigenvalue weighted by atomic mass is 32.1. The Morgan fingerprint density at radius 3 is 2.94 bits per heavy atom. The minimum absolute atomic E-state index is 0.123. The third-order valence-corrected chi connectivity index (χ3v) is 3.72. The molecule has 0 atom stereocenters. The molecule has 0 spiro atoms. The Morgan fingerprint density at radius 2 is 2.28 bits per heavy atom. The predicted octanol–water partition coefficient (Wildman–Crippen LogP) is 2.34. The van der Waals surface area contributed by atoms with E-state index in [1.54, 1.807) is 11.3 Å². The molecule has 1 N–H and O–H groups in total. The standard InChI is InChI=1S/C14H16N2OS/c1-11-12(2)16(10-15-11)8-14-7-13(9-18-14)5-3-4-6-17/h7,9-10,17H,4,6,8H2,1-2H3. The van der Waals surface area contributed by atoms with E-state index < -0.39 is 0 Å². The summed E-state index contributed by atoms with van der Waals surface area (Å²) in [6.07, 6.45) is 2.41. The highest BCUT2D eigenvalue weighted by Gasteiger charge is 2.04. The van der Waals surface area contributed by atoms with E-state index in [0.717, 1.165) is 17.8 Å². The molecule has 4 heteroatoms. The molecule has 94 valence electrons. The quantitative estimate of drug-likeness (QED) is 0.860. The Labute approximate surface area is 111 Å². The number of hydrogen-bond acceptors (Lipinski definition) is 3. The molecule has 2 rings (SSSR count). The van der Waals surface area contributed by atoms with Crippen LogP contribution in [0, 0.1) is 25.7 Å². The van der Waals surface area contributed by atoms with Crippen LogP contribution < -0.4 is 0 Å². The summed E-state index contributed by atoms with van der Waals surface area (Å²) in [5, 5.41) is 10.7. The second-order valence-electron chi connectivity index (χ2n) is 4.12. The van der Waals surface area contributed by atoms with Crippen molar-refractivity contribution in [3.05, 3.63) is 39.6 Å². The number of rotatable bonds is 3. The van der Waals surface area contributed by atoms with E-state index in [-0.39, 0.29) is 6.61 Å². The maximum Gasteiger partial charge on any atom is 0.0954 e. The number of nitrogens with zero attached hydrogens (tertiary/aromatic N) is 2. The smallest absolute Gasteiger partial charge is 0.0954 e. The third-order valence-electron chi connectivity index (χ3n) is 2.79. The molecule has 0 fully saturated rings. The molecule has 3 nitrogen and oxygen atoms in total. The Morgan fingerprint density at radius 1 is 1.44 bits per heavy atom. The lowest BCUT2D eigenvalue weighted by atomic mass is 10.3. The van der Waals surface area contributed by atoms with E-state index >= 15 is 0 Å². The normalized spacial score (nSPS) is 10.2. The number of aliphatic hydroxyl groups is 1. The highest BCUT2D eigenvalue weighted by Crippen LogP contribution is 2.17. The second-order valence-corrected chi connectivity index (χ2v) is 5.12. The fourth-order valence-electron chi connectivity index (χ4n) is 1.62. The first kappa shape index (κ1) is 12.9. The molecule has 2 aromatic rings. The summed E-state index contributed by atoms with van der Waals surface area (Å²) >= 11 is 1.71. The average Bonchev–Trinajstić information content (AvgIpc) is 2.92. The molecule has 0 saturated carbocycles. The van der Waals surface area contributed by atoms with Crippen LogP contribution in [0.15, 0.2) is 17.8 Å². The van der Waals surface area contributed by atoms with Crippen LogP contribution in [0.5, 0.6) is 0 Å². The van der Waals surface area contributed by atoms with Gasteiger partial charge in [0.15, 0.2) is 0 Å². The maximum absolute atomic E-state index is 8.67. The summed E-state index contributed by atoms with van der Waals surface area (Å²) < 4.78 is 2.14. The monoisotopic (exact) mass is 260 g/mol. The number of hydrogen-bond donors (Lipinski definition) is 1. The number of aliphatic hydroxyl groups excluding tert-OH is 1. The van der Waals surface area contributed by atoms with Crippen LogP contribution >= 0.6 is 11.3 Å². The largest absolute Gasteiger partial charge is 0.395 e. The van der Waals surface area contributed by atoms with E-state index in [1.807, 2.05) is 13.3 Å². The number of thiophene rings is 1. The lowest BCUT2D eigenvalue weighted by Gasteiger charge is -2.02. The zero-order valence-corrected chi connectivity index (χ0v) is 11.4. The van der Waals surface area contributed by atoms with Crippen molar-refractivity contribution in [2.75, 3.05) is 6.61 Å². The third kappa shape index (κ3) is 3.00. The fourth-order valence-corrected chi connectivity index (χ4v) is 2.43. The van der Waals surface area contributed by atoms with Crippen molar-refractivity contribution >= 4 is 11.3 Å². The minimum atomic E-state index is 0.123. The fraction of sp³-hybridized carbons (Fsp3) is 0.357. The van der Waals surface area contributed by atoms with Crippen molar-refractivity contribution in [3.63, 3.8) is 0 Å². The van der Waals surface area contributed by atoms with Crippen molar-refractivity contribution in [1.82, 2.24) is 9.55 Å². The summed E-state index contributed by atoms with van der Waals surface area (Å²) in [6, 6.07) is 2.10. The van der Waals surface area contributed by atoms with Crippen molar-refractivity contribution in [3.8, 4) is 11.8 Å². The van der Waals surface area contributed by atoms with Crippen LogP contribution in [0.4, 0.5) is 0 Å². The molecule has 0 unspecified atom stereocenters. The van der Waals surface area contributed by atoms with Gasteiger partial charge in [-0.1, -0.05) is 11.8 Å². The minimum Gasteiger partial charge on any atom is -0.395 e. The lowest BCUT2D eigenvalue weighted by molar-refractivity contribution is 0.305. The lowest BCUT2D eigenvalue weighted by Crippen LogP contribution is -1.98. The predicted molar refractivity (Wildman–Crippen MR) is 73.7 cm³/mol. The zero-order valence-electron chi connectivity index (χ0n) is 10.6. The molecule has 0 aromatic carbocycles. The summed E-state index contributed by atoms with van der Waals surface area (Å²) in [7, 11) is 0. The zero-order chi connectivity index (χ0) is 13.0. The summed E-state index contributed by atoms with van der Waals surface area (Å²) in [5.74, 6) is 5.98. The Balaban J connectivity index is 2.07. The van der Waals surface area contributed by atoms with Crippen LogP contribution in [0.2, 0.25) is 0 Å². The molecule has 2 heterocycles. The van der Waals surface area contributed by atoms with Gasteiger partial charge in [0.1, 0.15) is 0 Å². The van der Waals surface area contributed by atoms with Crippen LogP contribution in [-0.2, 0) is 6.54 Å². The summed E-state index contributed by atoms with van der Waals surface area (Å²) in [5.41, 5.74) is 3.31. The van der Waals surface area contributed by atoms with Gasteiger partial charge in [0.25, 0.3) is 0 Å². The first-order valence-electron chi connectivity index (χ1n) is 5.86. The first-order valence-corrected chi connectivity index (χ1v) is 6.74. The van der Waals surface area contributed by atoms with Gasteiger partial charge in [-0.2, -0.15) is 0 Å². The van der Waals surface area contributed by atoms with Crippen molar-refractivity contribution in [1.29, 1.82) is 0 Å². The molecule has 0 aliphatic rings. The Hall–Kier alpha value is -1.57. The van der Waals surface area contributed by atoms with Gasteiger partial charge in [-0.25, -0.2) is 4.98 Å². The van der Waals surface area contributed by atoms with Crippen LogP contribution in [-0.4, -0.2) is 21.3 Å². The van der Waals surface area contributed by atoms with E-state index in [2.05, 4.69) is 39.8 Å². The van der Waals surface area contributed by atoms with Gasteiger partial charge in [0.2, 0.25) is 0 Å². The van der Waals surface area contributed by atoms with Gasteiger partial charge in [0, 0.05) is 27.9 Å². The van der Waals surface area contributed by atoms with Crippen molar-refractivity contribution < 1.29 is 5.11 Å². The molecular formula is C14H16N2OS. The molecule has 0 amide bonds. The molecule has 0 aliphatic heterocycles. The summed E-state index contributed by atoms with van der Waals surface area (Å²) in [6.45, 7) is 5.07. The number of imidazole rings is 1. The van der Waals surface area contributed by atoms with E-state index in [9.17, 15) is 0 Å². The molecule has 0 aliphatic carbocycles. The molecule has 18 heavy (non-hydrogen) atoms. The topological polar surface area (TPSA) is 38.0 Å². The van der Waals surface area contributed by atoms with Gasteiger partial charge in [-0.05, 0) is 19.9 Å². The second kappa shape index (κ2) is 5.85. The van der Waals surface area contributed by atoms with Crippen molar-refractivity contribution in [2.24, 2.45) is 0 Å². The van der Waals surface area contributed by atoms with E-state index in [0.29, 0.717) is 6.42 Å². The maximum atomic E-state index is 8.67. The Kier molecular flexibility index (Phi) is 4.19. The van der Waals surface area contributed by atoms with Gasteiger partial charge < -0.3 is 9.67 Å². The highest BCUT2D eigenvalue weighted by molar-refractivity contribution is 7.10. The SMILES string of the molecule is Cc1ncn(Cc2cc(C#CCCO)cs2)c1C. The number of aryl methyl sites for hydroxylation is 1. The van der Waals surface area contributed by atoms with Gasteiger partial charge in [-0.3, -0.25) is 0 Å². The van der Waals surface area contributed by atoms with Gasteiger partial charge in [-0.15, -0.1) is 11.3 Å². The molecule has 0 bridgehead atoms. The molecule has 2 aromatic heterocycles. The summed E-state index contributed by atoms with van der Waals surface area (Å²) in [4.78, 5) is 5.56. The van der Waals surface area contributed by atoms with Crippen LogP contribution in [0.25, 0.3) is 0 Å². The van der Waals surface area contributed by atoms with Crippen LogP contribution in [0.3, 0.4) is 0 Å². The Bertz CT molecular complexity index is 586. The first-order chi connectivity index (χ1) is 8.70. The van der Waals surface area contributed by atoms with Gasteiger partial charge in [0.05, 0.1) is 25.2 Å². The molecular weight excluding hydrogens is 244 g/mol. The van der Waals surface area contributed by atoms with Gasteiger partial charge >= 0.3 is 0 Å². The number of aromatic nitrogens is 2.